The molecule has 0 radical (unpaired) electrons. The molecule has 1 aromatic carbocycles. The lowest BCUT2D eigenvalue weighted by atomic mass is 10.1. The van der Waals surface area contributed by atoms with E-state index in [9.17, 15) is 9.59 Å². The number of likely N-dealkylation sites (tertiary alicyclic amines) is 1. The molecule has 5 N–H and O–H groups in total. The molecule has 1 saturated heterocycles. The molecule has 152 valence electrons. The fourth-order valence-electron chi connectivity index (χ4n) is 3.38. The number of nitrogens with two attached hydrogens (primary N) is 1. The number of rotatable bonds is 10. The van der Waals surface area contributed by atoms with Crippen molar-refractivity contribution in [1.82, 2.24) is 10.2 Å². The Bertz CT molecular complexity index is 709. The minimum atomic E-state index is -1.01. The second-order valence-electron chi connectivity index (χ2n) is 6.91. The highest BCUT2D eigenvalue weighted by Crippen LogP contribution is 2.16. The molecule has 0 aliphatic carbocycles. The van der Waals surface area contributed by atoms with Crippen LogP contribution >= 0.6 is 0 Å². The van der Waals surface area contributed by atoms with E-state index in [-0.39, 0.29) is 18.0 Å². The molecular formula is C20H30N5O3+. The quantitative estimate of drug-likeness (QED) is 0.260. The molecule has 1 fully saturated rings. The lowest BCUT2D eigenvalue weighted by molar-refractivity contribution is -0.345. The van der Waals surface area contributed by atoms with Crippen molar-refractivity contribution in [3.63, 3.8) is 0 Å². The summed E-state index contributed by atoms with van der Waals surface area (Å²) in [5.74, 6) is 4.06. The van der Waals surface area contributed by atoms with Crippen molar-refractivity contribution in [3.05, 3.63) is 29.8 Å². The topological polar surface area (TPSA) is 122 Å². The molecular weight excluding hydrogens is 358 g/mol. The number of benzene rings is 1. The normalized spacial score (nSPS) is 16.4. The van der Waals surface area contributed by atoms with Gasteiger partial charge < -0.3 is 21.2 Å². The van der Waals surface area contributed by atoms with Gasteiger partial charge in [-0.25, -0.2) is 4.99 Å². The average molecular weight is 388 g/mol. The lowest BCUT2D eigenvalue weighted by Crippen LogP contribution is -2.63. The minimum Gasteiger partial charge on any atom is -0.481 e. The predicted molar refractivity (Wildman–Crippen MR) is 109 cm³/mol. The Hall–Kier alpha value is -2.74. The Kier molecular flexibility index (Phi) is 8.61. The largest absolute Gasteiger partial charge is 0.481 e. The van der Waals surface area contributed by atoms with Crippen molar-refractivity contribution >= 4 is 29.5 Å². The Morgan fingerprint density at radius 3 is 2.57 bits per heavy atom. The van der Waals surface area contributed by atoms with E-state index < -0.39 is 5.97 Å². The van der Waals surface area contributed by atoms with Gasteiger partial charge in [0.1, 0.15) is 5.71 Å². The molecule has 2 rings (SSSR count). The van der Waals surface area contributed by atoms with Gasteiger partial charge in [0.2, 0.25) is 5.69 Å². The first-order chi connectivity index (χ1) is 13.5. The monoisotopic (exact) mass is 388 g/mol. The molecule has 8 heteroatoms. The molecule has 1 unspecified atom stereocenters. The van der Waals surface area contributed by atoms with Gasteiger partial charge in [-0.05, 0) is 50.9 Å². The van der Waals surface area contributed by atoms with Gasteiger partial charge in [0.15, 0.2) is 6.21 Å². The molecule has 1 heterocycles. The summed E-state index contributed by atoms with van der Waals surface area (Å²) in [7, 11) is 0. The zero-order chi connectivity index (χ0) is 20.4. The SMILES string of the molecule is CCC(CCNC(=O)c1ccc([NH+]=CC(CC(=O)O)=NN)cc1)N1CCCC1. The summed E-state index contributed by atoms with van der Waals surface area (Å²) in [6.45, 7) is 5.19. The van der Waals surface area contributed by atoms with Gasteiger partial charge in [-0.15, -0.1) is 0 Å². The van der Waals surface area contributed by atoms with Crippen molar-refractivity contribution < 1.29 is 19.7 Å². The van der Waals surface area contributed by atoms with E-state index >= 15 is 0 Å². The van der Waals surface area contributed by atoms with Crippen LogP contribution in [0.25, 0.3) is 0 Å². The fraction of sp³-hybridized carbons (Fsp3) is 0.500. The van der Waals surface area contributed by atoms with Gasteiger partial charge in [0, 0.05) is 30.3 Å². The van der Waals surface area contributed by atoms with E-state index in [2.05, 4.69) is 27.2 Å². The van der Waals surface area contributed by atoms with Crippen LogP contribution in [-0.2, 0) is 4.79 Å². The highest BCUT2D eigenvalue weighted by molar-refractivity contribution is 6.32. The van der Waals surface area contributed by atoms with Gasteiger partial charge in [-0.2, -0.15) is 5.10 Å². The summed E-state index contributed by atoms with van der Waals surface area (Å²) in [4.78, 5) is 28.5. The number of carboxylic acids is 1. The van der Waals surface area contributed by atoms with Gasteiger partial charge >= 0.3 is 5.97 Å². The van der Waals surface area contributed by atoms with Gasteiger partial charge in [-0.1, -0.05) is 6.92 Å². The summed E-state index contributed by atoms with van der Waals surface area (Å²) in [6, 6.07) is 7.48. The van der Waals surface area contributed by atoms with Gasteiger partial charge in [-0.3, -0.25) is 9.59 Å². The molecule has 1 atom stereocenters. The Morgan fingerprint density at radius 1 is 1.32 bits per heavy atom. The summed E-state index contributed by atoms with van der Waals surface area (Å²) in [5, 5.41) is 15.2. The number of carbonyl (C=O) groups excluding carboxylic acids is 1. The third kappa shape index (κ3) is 6.77. The second kappa shape index (κ2) is 11.2. The first-order valence-electron chi connectivity index (χ1n) is 9.74. The fourth-order valence-corrected chi connectivity index (χ4v) is 3.38. The Morgan fingerprint density at radius 2 is 2.00 bits per heavy atom. The van der Waals surface area contributed by atoms with Crippen LogP contribution in [0.1, 0.15) is 49.4 Å². The highest BCUT2D eigenvalue weighted by Gasteiger charge is 2.20. The molecule has 1 aliphatic heterocycles. The number of hydrogen-bond donors (Lipinski definition) is 4. The number of nitrogens with zero attached hydrogens (tertiary/aromatic N) is 2. The maximum Gasteiger partial charge on any atom is 0.309 e. The predicted octanol–water partition coefficient (Wildman–Crippen LogP) is 0.253. The summed E-state index contributed by atoms with van der Waals surface area (Å²) in [5.41, 5.74) is 1.51. The van der Waals surface area contributed by atoms with Crippen molar-refractivity contribution in [1.29, 1.82) is 0 Å². The van der Waals surface area contributed by atoms with Crippen LogP contribution in [0.5, 0.6) is 0 Å². The minimum absolute atomic E-state index is 0.0955. The van der Waals surface area contributed by atoms with E-state index in [0.717, 1.165) is 12.8 Å². The van der Waals surface area contributed by atoms with Gasteiger partial charge in [0.05, 0.1) is 6.42 Å². The van der Waals surface area contributed by atoms with Crippen molar-refractivity contribution in [2.24, 2.45) is 10.9 Å². The van der Waals surface area contributed by atoms with Crippen molar-refractivity contribution in [2.75, 3.05) is 19.6 Å². The van der Waals surface area contributed by atoms with Crippen LogP contribution < -0.4 is 16.2 Å². The molecule has 0 spiro atoms. The first-order valence-corrected chi connectivity index (χ1v) is 9.74. The second-order valence-corrected chi connectivity index (χ2v) is 6.91. The molecule has 0 bridgehead atoms. The third-order valence-corrected chi connectivity index (χ3v) is 4.94. The van der Waals surface area contributed by atoms with Crippen LogP contribution in [0.2, 0.25) is 0 Å². The molecule has 8 nitrogen and oxygen atoms in total. The van der Waals surface area contributed by atoms with E-state index in [1.807, 2.05) is 0 Å². The van der Waals surface area contributed by atoms with Crippen LogP contribution in [0.4, 0.5) is 5.69 Å². The van der Waals surface area contributed by atoms with Crippen molar-refractivity contribution in [2.45, 2.75) is 45.1 Å². The zero-order valence-electron chi connectivity index (χ0n) is 16.4. The zero-order valence-corrected chi connectivity index (χ0v) is 16.4. The molecule has 1 aliphatic rings. The molecule has 0 aromatic heterocycles. The smallest absolute Gasteiger partial charge is 0.309 e. The number of aliphatic carboxylic acids is 1. The Balaban J connectivity index is 1.83. The van der Waals surface area contributed by atoms with Crippen LogP contribution in [-0.4, -0.2) is 59.5 Å². The number of hydrogen-bond acceptors (Lipinski definition) is 5. The maximum atomic E-state index is 12.3. The van der Waals surface area contributed by atoms with E-state index in [1.165, 1.54) is 32.1 Å². The van der Waals surface area contributed by atoms with E-state index in [1.54, 1.807) is 24.3 Å². The Labute approximate surface area is 165 Å². The summed E-state index contributed by atoms with van der Waals surface area (Å²) >= 11 is 0. The summed E-state index contributed by atoms with van der Waals surface area (Å²) < 4.78 is 0. The maximum absolute atomic E-state index is 12.3. The van der Waals surface area contributed by atoms with Crippen LogP contribution in [0, 0.1) is 0 Å². The number of nitrogens with one attached hydrogen (secondary N) is 2. The number of hydrazone groups is 1. The standard InChI is InChI=1S/C20H29N5O3/c1-2-18(25-11-3-4-12-25)9-10-22-20(28)15-5-7-16(8-6-15)23-14-17(24-21)13-19(26)27/h5-8,14,18H,2-4,9-13,21H2,1H3,(H,22,28)(H,26,27)/p+1. The molecule has 1 aromatic rings. The number of amides is 1. The third-order valence-electron chi connectivity index (χ3n) is 4.94. The highest BCUT2D eigenvalue weighted by atomic mass is 16.4. The number of carbonyl (C=O) groups is 2. The molecule has 0 saturated carbocycles. The number of carboxylic acid groups (broad SMARTS) is 1. The van der Waals surface area contributed by atoms with Crippen LogP contribution in [0.15, 0.2) is 29.4 Å². The lowest BCUT2D eigenvalue weighted by Gasteiger charge is -2.26. The van der Waals surface area contributed by atoms with E-state index in [4.69, 9.17) is 10.9 Å². The van der Waals surface area contributed by atoms with E-state index in [0.29, 0.717) is 23.8 Å². The van der Waals surface area contributed by atoms with Gasteiger partial charge in [0.25, 0.3) is 5.91 Å². The summed E-state index contributed by atoms with van der Waals surface area (Å²) in [6.07, 6.45) is 5.78. The van der Waals surface area contributed by atoms with Crippen LogP contribution in [0.3, 0.4) is 0 Å². The molecule has 28 heavy (non-hydrogen) atoms. The molecule has 1 amide bonds. The average Bonchev–Trinajstić information content (AvgIpc) is 3.23. The van der Waals surface area contributed by atoms with Crippen molar-refractivity contribution in [3.8, 4) is 0 Å². The first kappa shape index (κ1) is 21.6.